The summed E-state index contributed by atoms with van der Waals surface area (Å²) in [4.78, 5) is 8.62. The van der Waals surface area contributed by atoms with Gasteiger partial charge in [-0.3, -0.25) is 0 Å². The Kier molecular flexibility index (Phi) is 3.55. The van der Waals surface area contributed by atoms with Gasteiger partial charge in [-0.05, 0) is 42.5 Å². The highest BCUT2D eigenvalue weighted by Crippen LogP contribution is 2.13. The molecule has 0 unspecified atom stereocenters. The summed E-state index contributed by atoms with van der Waals surface area (Å²) in [5.74, 6) is 1.36. The first kappa shape index (κ1) is 12.2. The molecule has 1 aromatic carbocycles. The maximum absolute atomic E-state index is 5.24. The Hall–Kier alpha value is -2.88. The minimum absolute atomic E-state index is 0.567. The normalized spacial score (nSPS) is 10.8. The molecule has 0 bridgehead atoms. The summed E-state index contributed by atoms with van der Waals surface area (Å²) in [6.07, 6.45) is 7.12. The molecular formula is C16H13N3O. The molecule has 0 saturated carbocycles. The molecule has 3 aromatic rings. The van der Waals surface area contributed by atoms with E-state index in [-0.39, 0.29) is 0 Å². The minimum atomic E-state index is 0.567. The third kappa shape index (κ3) is 3.11. The SMILES string of the molecule is C(=Cc1ccco1)c1ccnc(Nc2ccccc2)n1. The molecule has 98 valence electrons. The van der Waals surface area contributed by atoms with Gasteiger partial charge in [0, 0.05) is 11.9 Å². The molecule has 0 aliphatic heterocycles. The first-order valence-corrected chi connectivity index (χ1v) is 6.27. The molecule has 4 nitrogen and oxygen atoms in total. The van der Waals surface area contributed by atoms with Crippen molar-refractivity contribution in [1.82, 2.24) is 9.97 Å². The minimum Gasteiger partial charge on any atom is -0.465 e. The van der Waals surface area contributed by atoms with Gasteiger partial charge in [0.25, 0.3) is 0 Å². The molecule has 0 radical (unpaired) electrons. The van der Waals surface area contributed by atoms with Crippen LogP contribution in [-0.4, -0.2) is 9.97 Å². The van der Waals surface area contributed by atoms with E-state index in [1.54, 1.807) is 12.5 Å². The number of rotatable bonds is 4. The van der Waals surface area contributed by atoms with Crippen molar-refractivity contribution in [3.05, 3.63) is 72.4 Å². The molecule has 0 atom stereocenters. The topological polar surface area (TPSA) is 51.0 Å². The van der Waals surface area contributed by atoms with E-state index in [1.165, 1.54) is 0 Å². The van der Waals surface area contributed by atoms with Crippen LogP contribution in [0.15, 0.2) is 65.4 Å². The first-order valence-electron chi connectivity index (χ1n) is 6.27. The number of benzene rings is 1. The fraction of sp³-hybridized carbons (Fsp3) is 0. The summed E-state index contributed by atoms with van der Waals surface area (Å²) in [7, 11) is 0. The van der Waals surface area contributed by atoms with Crippen LogP contribution in [0, 0.1) is 0 Å². The largest absolute Gasteiger partial charge is 0.465 e. The Morgan fingerprint density at radius 2 is 1.85 bits per heavy atom. The molecule has 0 spiro atoms. The van der Waals surface area contributed by atoms with Gasteiger partial charge in [-0.2, -0.15) is 0 Å². The van der Waals surface area contributed by atoms with Gasteiger partial charge < -0.3 is 9.73 Å². The van der Waals surface area contributed by atoms with Crippen LogP contribution in [-0.2, 0) is 0 Å². The molecule has 20 heavy (non-hydrogen) atoms. The lowest BCUT2D eigenvalue weighted by Gasteiger charge is -2.04. The van der Waals surface area contributed by atoms with Crippen molar-refractivity contribution in [2.75, 3.05) is 5.32 Å². The molecule has 0 fully saturated rings. The monoisotopic (exact) mass is 263 g/mol. The fourth-order valence-electron chi connectivity index (χ4n) is 1.73. The van der Waals surface area contributed by atoms with Crippen LogP contribution in [0.5, 0.6) is 0 Å². The number of para-hydroxylation sites is 1. The van der Waals surface area contributed by atoms with Crippen LogP contribution in [0.4, 0.5) is 11.6 Å². The predicted octanol–water partition coefficient (Wildman–Crippen LogP) is 3.98. The summed E-state index contributed by atoms with van der Waals surface area (Å²) >= 11 is 0. The maximum Gasteiger partial charge on any atom is 0.227 e. The van der Waals surface area contributed by atoms with E-state index in [9.17, 15) is 0 Å². The standard InChI is InChI=1S/C16H13N3O/c1-2-5-13(6-3-1)18-16-17-11-10-14(19-16)8-9-15-7-4-12-20-15/h1-12H,(H,17,18,19). The molecular weight excluding hydrogens is 250 g/mol. The number of nitrogens with one attached hydrogen (secondary N) is 1. The molecule has 0 amide bonds. The van der Waals surface area contributed by atoms with Gasteiger partial charge in [-0.25, -0.2) is 9.97 Å². The predicted molar refractivity (Wildman–Crippen MR) is 79.4 cm³/mol. The van der Waals surface area contributed by atoms with E-state index in [2.05, 4.69) is 15.3 Å². The zero-order valence-electron chi connectivity index (χ0n) is 10.7. The second-order valence-electron chi connectivity index (χ2n) is 4.14. The quantitative estimate of drug-likeness (QED) is 0.773. The van der Waals surface area contributed by atoms with E-state index >= 15 is 0 Å². The zero-order valence-corrected chi connectivity index (χ0v) is 10.7. The first-order chi connectivity index (χ1) is 9.90. The Morgan fingerprint density at radius 1 is 0.950 bits per heavy atom. The Balaban J connectivity index is 1.76. The lowest BCUT2D eigenvalue weighted by atomic mass is 10.3. The number of furan rings is 1. The fourth-order valence-corrected chi connectivity index (χ4v) is 1.73. The molecule has 0 aliphatic rings. The van der Waals surface area contributed by atoms with Crippen molar-refractivity contribution in [2.24, 2.45) is 0 Å². The molecule has 2 heterocycles. The number of nitrogens with zero attached hydrogens (tertiary/aromatic N) is 2. The van der Waals surface area contributed by atoms with Crippen LogP contribution in [0.25, 0.3) is 12.2 Å². The second kappa shape index (κ2) is 5.84. The highest BCUT2D eigenvalue weighted by atomic mass is 16.3. The molecule has 0 saturated heterocycles. The van der Waals surface area contributed by atoms with Gasteiger partial charge in [0.15, 0.2) is 0 Å². The molecule has 2 aromatic heterocycles. The second-order valence-corrected chi connectivity index (χ2v) is 4.14. The summed E-state index contributed by atoms with van der Waals surface area (Å²) in [5, 5.41) is 3.16. The van der Waals surface area contributed by atoms with E-state index < -0.39 is 0 Å². The van der Waals surface area contributed by atoms with Crippen LogP contribution >= 0.6 is 0 Å². The summed E-state index contributed by atoms with van der Waals surface area (Å²) in [6, 6.07) is 15.4. The van der Waals surface area contributed by atoms with Crippen molar-refractivity contribution < 1.29 is 4.42 Å². The summed E-state index contributed by atoms with van der Waals surface area (Å²) in [5.41, 5.74) is 1.77. The van der Waals surface area contributed by atoms with E-state index in [4.69, 9.17) is 4.42 Å². The van der Waals surface area contributed by atoms with Crippen molar-refractivity contribution in [3.8, 4) is 0 Å². The number of aromatic nitrogens is 2. The lowest BCUT2D eigenvalue weighted by Crippen LogP contribution is -1.97. The van der Waals surface area contributed by atoms with E-state index in [0.717, 1.165) is 17.1 Å². The Labute approximate surface area is 116 Å². The number of anilines is 2. The van der Waals surface area contributed by atoms with Crippen molar-refractivity contribution in [3.63, 3.8) is 0 Å². The van der Waals surface area contributed by atoms with Crippen LogP contribution in [0.1, 0.15) is 11.5 Å². The van der Waals surface area contributed by atoms with Crippen molar-refractivity contribution >= 4 is 23.8 Å². The van der Waals surface area contributed by atoms with Gasteiger partial charge in [-0.15, -0.1) is 0 Å². The lowest BCUT2D eigenvalue weighted by molar-refractivity contribution is 0.557. The van der Waals surface area contributed by atoms with Crippen molar-refractivity contribution in [2.45, 2.75) is 0 Å². The molecule has 3 rings (SSSR count). The molecule has 4 heteroatoms. The average molecular weight is 263 g/mol. The van der Waals surface area contributed by atoms with Crippen LogP contribution in [0.3, 0.4) is 0 Å². The Morgan fingerprint density at radius 3 is 2.65 bits per heavy atom. The van der Waals surface area contributed by atoms with Crippen LogP contribution < -0.4 is 5.32 Å². The highest BCUT2D eigenvalue weighted by Gasteiger charge is 1.98. The Bertz CT molecular complexity index is 691. The highest BCUT2D eigenvalue weighted by molar-refractivity contribution is 5.66. The third-order valence-electron chi connectivity index (χ3n) is 2.67. The van der Waals surface area contributed by atoms with Gasteiger partial charge in [0.05, 0.1) is 12.0 Å². The average Bonchev–Trinajstić information content (AvgIpc) is 3.00. The van der Waals surface area contributed by atoms with Crippen molar-refractivity contribution in [1.29, 1.82) is 0 Å². The maximum atomic E-state index is 5.24. The van der Waals surface area contributed by atoms with Gasteiger partial charge in [0.2, 0.25) is 5.95 Å². The van der Waals surface area contributed by atoms with Gasteiger partial charge >= 0.3 is 0 Å². The summed E-state index contributed by atoms with van der Waals surface area (Å²) in [6.45, 7) is 0. The van der Waals surface area contributed by atoms with Gasteiger partial charge in [0.1, 0.15) is 5.76 Å². The van der Waals surface area contributed by atoms with Gasteiger partial charge in [-0.1, -0.05) is 18.2 Å². The zero-order chi connectivity index (χ0) is 13.6. The number of hydrogen-bond acceptors (Lipinski definition) is 4. The van der Waals surface area contributed by atoms with Crippen LogP contribution in [0.2, 0.25) is 0 Å². The summed E-state index contributed by atoms with van der Waals surface area (Å²) < 4.78 is 5.24. The third-order valence-corrected chi connectivity index (χ3v) is 2.67. The van der Waals surface area contributed by atoms with E-state index in [0.29, 0.717) is 5.95 Å². The van der Waals surface area contributed by atoms with E-state index in [1.807, 2.05) is 60.7 Å². The number of hydrogen-bond donors (Lipinski definition) is 1. The molecule has 1 N–H and O–H groups in total. The molecule has 0 aliphatic carbocycles. The smallest absolute Gasteiger partial charge is 0.227 e.